The van der Waals surface area contributed by atoms with Crippen LogP contribution in [0.5, 0.6) is 0 Å². The van der Waals surface area contributed by atoms with Crippen LogP contribution >= 0.6 is 0 Å². The molecule has 158 valence electrons. The fourth-order valence-electron chi connectivity index (χ4n) is 4.41. The number of rotatable bonds is 6. The molecule has 0 N–H and O–H groups in total. The highest BCUT2D eigenvalue weighted by atomic mass is 15.1. The lowest BCUT2D eigenvalue weighted by Gasteiger charge is -2.11. The third-order valence-electron chi connectivity index (χ3n) is 5.96. The molecule has 0 saturated carbocycles. The van der Waals surface area contributed by atoms with Gasteiger partial charge in [0.15, 0.2) is 5.65 Å². The first kappa shape index (κ1) is 20.9. The Kier molecular flexibility index (Phi) is 5.65. The summed E-state index contributed by atoms with van der Waals surface area (Å²) in [6, 6.07) is 15.0. The number of hydrogen-bond donors (Lipinski definition) is 0. The van der Waals surface area contributed by atoms with Crippen molar-refractivity contribution in [3.05, 3.63) is 70.3 Å². The van der Waals surface area contributed by atoms with E-state index in [1.807, 2.05) is 20.0 Å². The van der Waals surface area contributed by atoms with Crippen LogP contribution in [0, 0.1) is 25.2 Å². The zero-order valence-corrected chi connectivity index (χ0v) is 19.0. The molecule has 0 amide bonds. The van der Waals surface area contributed by atoms with Crippen molar-refractivity contribution < 1.29 is 0 Å². The van der Waals surface area contributed by atoms with Crippen LogP contribution in [0.2, 0.25) is 0 Å². The number of aromatic nitrogens is 4. The molecule has 4 aromatic rings. The monoisotopic (exact) mass is 411 g/mol. The van der Waals surface area contributed by atoms with Gasteiger partial charge >= 0.3 is 0 Å². The number of benzene rings is 1. The van der Waals surface area contributed by atoms with Crippen molar-refractivity contribution in [2.45, 2.75) is 53.5 Å². The SMILES string of the molecule is CCCc1nc2c(C)cc(C)nc2n1Cc1ccc(-c2c(C#N)cc(CC)n2C)cc1. The highest BCUT2D eigenvalue weighted by Crippen LogP contribution is 2.28. The van der Waals surface area contributed by atoms with Gasteiger partial charge < -0.3 is 9.13 Å². The van der Waals surface area contributed by atoms with E-state index >= 15 is 0 Å². The second-order valence-electron chi connectivity index (χ2n) is 8.24. The molecule has 5 heteroatoms. The van der Waals surface area contributed by atoms with Crippen molar-refractivity contribution in [1.29, 1.82) is 5.26 Å². The summed E-state index contributed by atoms with van der Waals surface area (Å²) in [5, 5.41) is 9.58. The highest BCUT2D eigenvalue weighted by Gasteiger charge is 2.16. The molecule has 4 rings (SSSR count). The Morgan fingerprint density at radius 2 is 1.77 bits per heavy atom. The van der Waals surface area contributed by atoms with Crippen molar-refractivity contribution >= 4 is 11.2 Å². The van der Waals surface area contributed by atoms with Crippen molar-refractivity contribution in [1.82, 2.24) is 19.1 Å². The second kappa shape index (κ2) is 8.39. The average molecular weight is 412 g/mol. The summed E-state index contributed by atoms with van der Waals surface area (Å²) in [5.41, 5.74) is 9.30. The molecule has 0 atom stereocenters. The van der Waals surface area contributed by atoms with Crippen LogP contribution < -0.4 is 0 Å². The van der Waals surface area contributed by atoms with E-state index in [0.717, 1.165) is 65.3 Å². The first-order valence-corrected chi connectivity index (χ1v) is 11.0. The number of imidazole rings is 1. The van der Waals surface area contributed by atoms with Gasteiger partial charge in [0.05, 0.1) is 17.8 Å². The van der Waals surface area contributed by atoms with Gasteiger partial charge in [-0.1, -0.05) is 38.1 Å². The average Bonchev–Trinajstić information content (AvgIpc) is 3.26. The van der Waals surface area contributed by atoms with Crippen LogP contribution in [0.15, 0.2) is 36.4 Å². The summed E-state index contributed by atoms with van der Waals surface area (Å²) in [4.78, 5) is 9.72. The maximum absolute atomic E-state index is 9.58. The van der Waals surface area contributed by atoms with Gasteiger partial charge in [0.1, 0.15) is 17.4 Å². The lowest BCUT2D eigenvalue weighted by Crippen LogP contribution is -2.06. The van der Waals surface area contributed by atoms with Crippen molar-refractivity contribution in [3.63, 3.8) is 0 Å². The molecule has 0 saturated heterocycles. The molecule has 3 heterocycles. The van der Waals surface area contributed by atoms with Crippen LogP contribution in [0.1, 0.15) is 54.2 Å². The Hall–Kier alpha value is -3.39. The van der Waals surface area contributed by atoms with Gasteiger partial charge in [-0.3, -0.25) is 0 Å². The molecular formula is C26H29N5. The number of fused-ring (bicyclic) bond motifs is 1. The van der Waals surface area contributed by atoms with Crippen molar-refractivity contribution in [2.75, 3.05) is 0 Å². The predicted octanol–water partition coefficient (Wildman–Crippen LogP) is 5.49. The molecule has 5 nitrogen and oxygen atoms in total. The molecule has 0 fully saturated rings. The van der Waals surface area contributed by atoms with E-state index in [9.17, 15) is 5.26 Å². The van der Waals surface area contributed by atoms with Crippen LogP contribution in [-0.4, -0.2) is 19.1 Å². The molecular weight excluding hydrogens is 382 g/mol. The maximum Gasteiger partial charge on any atom is 0.160 e. The molecule has 1 aromatic carbocycles. The van der Waals surface area contributed by atoms with Gasteiger partial charge in [0, 0.05) is 24.9 Å². The van der Waals surface area contributed by atoms with Crippen LogP contribution in [-0.2, 0) is 26.4 Å². The quantitative estimate of drug-likeness (QED) is 0.422. The Morgan fingerprint density at radius 3 is 2.42 bits per heavy atom. The smallest absolute Gasteiger partial charge is 0.160 e. The Bertz CT molecular complexity index is 1280. The lowest BCUT2D eigenvalue weighted by molar-refractivity contribution is 0.716. The van der Waals surface area contributed by atoms with Crippen LogP contribution in [0.25, 0.3) is 22.4 Å². The Morgan fingerprint density at radius 1 is 1.03 bits per heavy atom. The van der Waals surface area contributed by atoms with E-state index in [0.29, 0.717) is 0 Å². The summed E-state index contributed by atoms with van der Waals surface area (Å²) in [6.45, 7) is 9.18. The molecule has 0 aliphatic heterocycles. The fourth-order valence-corrected chi connectivity index (χ4v) is 4.41. The summed E-state index contributed by atoms with van der Waals surface area (Å²) in [6.07, 6.45) is 2.88. The van der Waals surface area contributed by atoms with E-state index in [-0.39, 0.29) is 0 Å². The molecule has 0 unspecified atom stereocenters. The Labute approximate surface area is 184 Å². The summed E-state index contributed by atoms with van der Waals surface area (Å²) >= 11 is 0. The molecule has 0 radical (unpaired) electrons. The van der Waals surface area contributed by atoms with Gasteiger partial charge in [0.2, 0.25) is 0 Å². The second-order valence-corrected chi connectivity index (χ2v) is 8.24. The van der Waals surface area contributed by atoms with E-state index in [4.69, 9.17) is 9.97 Å². The minimum absolute atomic E-state index is 0.730. The first-order chi connectivity index (χ1) is 15.0. The number of nitriles is 1. The largest absolute Gasteiger partial charge is 0.347 e. The summed E-state index contributed by atoms with van der Waals surface area (Å²) < 4.78 is 4.39. The van der Waals surface area contributed by atoms with E-state index < -0.39 is 0 Å². The molecule has 31 heavy (non-hydrogen) atoms. The predicted molar refractivity (Wildman–Crippen MR) is 125 cm³/mol. The van der Waals surface area contributed by atoms with Gasteiger partial charge in [-0.15, -0.1) is 0 Å². The molecule has 0 aliphatic rings. The topological polar surface area (TPSA) is 59.4 Å². The van der Waals surface area contributed by atoms with Crippen LogP contribution in [0.4, 0.5) is 0 Å². The van der Waals surface area contributed by atoms with Crippen LogP contribution in [0.3, 0.4) is 0 Å². The third kappa shape index (κ3) is 3.74. The highest BCUT2D eigenvalue weighted by molar-refractivity contribution is 5.76. The van der Waals surface area contributed by atoms with Gasteiger partial charge in [-0.25, -0.2) is 9.97 Å². The van der Waals surface area contributed by atoms with Crippen molar-refractivity contribution in [2.24, 2.45) is 7.05 Å². The zero-order valence-electron chi connectivity index (χ0n) is 19.0. The first-order valence-electron chi connectivity index (χ1n) is 11.0. The number of nitrogens with zero attached hydrogens (tertiary/aromatic N) is 5. The van der Waals surface area contributed by atoms with E-state index in [2.05, 4.69) is 66.3 Å². The zero-order chi connectivity index (χ0) is 22.1. The third-order valence-corrected chi connectivity index (χ3v) is 5.96. The summed E-state index contributed by atoms with van der Waals surface area (Å²) in [7, 11) is 2.04. The number of aryl methyl sites for hydroxylation is 4. The van der Waals surface area contributed by atoms with E-state index in [1.165, 1.54) is 16.8 Å². The number of pyridine rings is 1. The number of hydrogen-bond acceptors (Lipinski definition) is 3. The van der Waals surface area contributed by atoms with Crippen molar-refractivity contribution in [3.8, 4) is 17.3 Å². The fraction of sp³-hybridized carbons (Fsp3) is 0.346. The molecule has 0 aliphatic carbocycles. The molecule has 0 spiro atoms. The maximum atomic E-state index is 9.58. The van der Waals surface area contributed by atoms with Gasteiger partial charge in [-0.2, -0.15) is 5.26 Å². The summed E-state index contributed by atoms with van der Waals surface area (Å²) in [5.74, 6) is 1.09. The molecule has 3 aromatic heterocycles. The van der Waals surface area contributed by atoms with Gasteiger partial charge in [0.25, 0.3) is 0 Å². The Balaban J connectivity index is 1.73. The normalized spacial score (nSPS) is 11.2. The standard InChI is InChI=1S/C26H29N5/c1-6-8-23-29-24-17(3)13-18(4)28-26(24)31(23)16-19-9-11-20(12-10-19)25-21(15-27)14-22(7-2)30(25)5/h9-14H,6-8,16H2,1-5H3. The van der Waals surface area contributed by atoms with Gasteiger partial charge in [-0.05, 0) is 55.5 Å². The lowest BCUT2D eigenvalue weighted by atomic mass is 10.1. The minimum Gasteiger partial charge on any atom is -0.347 e. The van der Waals surface area contributed by atoms with E-state index in [1.54, 1.807) is 0 Å². The minimum atomic E-state index is 0.730. The molecule has 0 bridgehead atoms.